The Morgan fingerprint density at radius 1 is 1.09 bits per heavy atom. The van der Waals surface area contributed by atoms with Crippen LogP contribution in [0.15, 0.2) is 42.5 Å². The maximum Gasteiger partial charge on any atom is 0.118 e. The molecule has 0 radical (unpaired) electrons. The highest BCUT2D eigenvalue weighted by molar-refractivity contribution is 5.66. The fraction of sp³-hybridized carbons (Fsp3) is 0.400. The molecular weight excluding hydrogens is 270 g/mol. The van der Waals surface area contributed by atoms with Crippen LogP contribution in [0.25, 0.3) is 11.1 Å². The van der Waals surface area contributed by atoms with Crippen molar-refractivity contribution in [1.29, 1.82) is 0 Å². The average Bonchev–Trinajstić information content (AvgIpc) is 2.87. The molecule has 2 atom stereocenters. The molecule has 2 heteroatoms. The van der Waals surface area contributed by atoms with Crippen LogP contribution in [0.3, 0.4) is 0 Å². The minimum atomic E-state index is 0.701. The van der Waals surface area contributed by atoms with Crippen molar-refractivity contribution in [2.45, 2.75) is 25.7 Å². The van der Waals surface area contributed by atoms with Gasteiger partial charge in [0.2, 0.25) is 0 Å². The molecule has 1 N–H and O–H groups in total. The lowest BCUT2D eigenvalue weighted by molar-refractivity contribution is 0.415. The summed E-state index contributed by atoms with van der Waals surface area (Å²) in [5.74, 6) is 2.35. The number of rotatable bonds is 5. The Morgan fingerprint density at radius 3 is 2.50 bits per heavy atom. The summed E-state index contributed by atoms with van der Waals surface area (Å²) < 4.78 is 5.24. The molecule has 0 amide bonds. The molecular formula is C20H25NO. The van der Waals surface area contributed by atoms with Crippen LogP contribution < -0.4 is 10.1 Å². The molecule has 0 bridgehead atoms. The summed E-state index contributed by atoms with van der Waals surface area (Å²) in [5, 5.41) is 3.28. The van der Waals surface area contributed by atoms with Crippen molar-refractivity contribution in [1.82, 2.24) is 5.32 Å². The quantitative estimate of drug-likeness (QED) is 0.890. The van der Waals surface area contributed by atoms with Crippen molar-refractivity contribution in [3.05, 3.63) is 53.6 Å². The van der Waals surface area contributed by atoms with E-state index in [4.69, 9.17) is 4.74 Å². The molecule has 0 fully saturated rings. The van der Waals surface area contributed by atoms with Crippen molar-refractivity contribution >= 4 is 0 Å². The van der Waals surface area contributed by atoms with Crippen molar-refractivity contribution in [2.24, 2.45) is 5.92 Å². The predicted molar refractivity (Wildman–Crippen MR) is 92.6 cm³/mol. The highest BCUT2D eigenvalue weighted by Gasteiger charge is 2.28. The van der Waals surface area contributed by atoms with Gasteiger partial charge in [-0.05, 0) is 72.7 Å². The predicted octanol–water partition coefficient (Wildman–Crippen LogP) is 4.25. The van der Waals surface area contributed by atoms with Gasteiger partial charge in [0, 0.05) is 0 Å². The fourth-order valence-electron chi connectivity index (χ4n) is 3.64. The van der Waals surface area contributed by atoms with Crippen molar-refractivity contribution in [3.63, 3.8) is 0 Å². The molecule has 2 nitrogen and oxygen atoms in total. The van der Waals surface area contributed by atoms with E-state index < -0.39 is 0 Å². The number of fused-ring (bicyclic) bond motifs is 1. The van der Waals surface area contributed by atoms with Gasteiger partial charge in [-0.1, -0.05) is 37.3 Å². The Kier molecular flexibility index (Phi) is 4.49. The maximum atomic E-state index is 5.24. The summed E-state index contributed by atoms with van der Waals surface area (Å²) in [5.41, 5.74) is 5.65. The number of benzene rings is 2. The molecule has 0 spiro atoms. The topological polar surface area (TPSA) is 21.3 Å². The van der Waals surface area contributed by atoms with Crippen molar-refractivity contribution in [3.8, 4) is 16.9 Å². The second-order valence-electron chi connectivity index (χ2n) is 6.32. The molecule has 0 heterocycles. The lowest BCUT2D eigenvalue weighted by Gasteiger charge is -2.16. The number of ether oxygens (including phenoxy) is 1. The highest BCUT2D eigenvalue weighted by Crippen LogP contribution is 2.41. The van der Waals surface area contributed by atoms with Gasteiger partial charge in [0.25, 0.3) is 0 Å². The summed E-state index contributed by atoms with van der Waals surface area (Å²) in [6.45, 7) is 3.47. The van der Waals surface area contributed by atoms with Crippen LogP contribution >= 0.6 is 0 Å². The highest BCUT2D eigenvalue weighted by atomic mass is 16.5. The van der Waals surface area contributed by atoms with Gasteiger partial charge < -0.3 is 10.1 Å². The SMILES string of the molecule is CNCCC1c2ccc(-c3ccc(OC)cc3)cc2CC1C. The molecule has 0 saturated carbocycles. The molecule has 22 heavy (non-hydrogen) atoms. The van der Waals surface area contributed by atoms with Gasteiger partial charge in [0.15, 0.2) is 0 Å². The second kappa shape index (κ2) is 6.53. The lowest BCUT2D eigenvalue weighted by atomic mass is 9.90. The summed E-state index contributed by atoms with van der Waals surface area (Å²) in [6.07, 6.45) is 2.43. The van der Waals surface area contributed by atoms with E-state index in [0.717, 1.165) is 18.2 Å². The van der Waals surface area contributed by atoms with E-state index >= 15 is 0 Å². The van der Waals surface area contributed by atoms with Crippen LogP contribution in [-0.4, -0.2) is 20.7 Å². The minimum Gasteiger partial charge on any atom is -0.497 e. The Balaban J connectivity index is 1.86. The summed E-state index contributed by atoms with van der Waals surface area (Å²) in [6, 6.07) is 15.3. The number of hydrogen-bond donors (Lipinski definition) is 1. The van der Waals surface area contributed by atoms with E-state index in [9.17, 15) is 0 Å². The van der Waals surface area contributed by atoms with Crippen LogP contribution in [0.1, 0.15) is 30.4 Å². The van der Waals surface area contributed by atoms with Crippen LogP contribution in [0.2, 0.25) is 0 Å². The Bertz CT molecular complexity index is 633. The molecule has 1 aliphatic rings. The standard InChI is InChI=1S/C20H25NO/c1-14-12-17-13-16(15-4-7-18(22-3)8-5-15)6-9-20(17)19(14)10-11-21-2/h4-9,13-14,19,21H,10-12H2,1-3H3. The molecule has 2 aromatic carbocycles. The van der Waals surface area contributed by atoms with E-state index in [2.05, 4.69) is 42.6 Å². The Hall–Kier alpha value is -1.80. The Labute approximate surface area is 133 Å². The largest absolute Gasteiger partial charge is 0.497 e. The molecule has 2 unspecified atom stereocenters. The summed E-state index contributed by atoms with van der Waals surface area (Å²) in [4.78, 5) is 0. The van der Waals surface area contributed by atoms with Crippen molar-refractivity contribution < 1.29 is 4.74 Å². The number of nitrogens with one attached hydrogen (secondary N) is 1. The van der Waals surface area contributed by atoms with E-state index in [-0.39, 0.29) is 0 Å². The van der Waals surface area contributed by atoms with Gasteiger partial charge in [-0.2, -0.15) is 0 Å². The van der Waals surface area contributed by atoms with Crippen LogP contribution in [0, 0.1) is 5.92 Å². The normalized spacial score (nSPS) is 20.0. The molecule has 2 aromatic rings. The maximum absolute atomic E-state index is 5.24. The number of methoxy groups -OCH3 is 1. The summed E-state index contributed by atoms with van der Waals surface area (Å²) in [7, 11) is 3.74. The third-order valence-corrected chi connectivity index (χ3v) is 4.90. The smallest absolute Gasteiger partial charge is 0.118 e. The molecule has 3 rings (SSSR count). The first-order valence-electron chi connectivity index (χ1n) is 8.14. The van der Waals surface area contributed by atoms with Crippen LogP contribution in [0.5, 0.6) is 5.75 Å². The zero-order valence-corrected chi connectivity index (χ0v) is 13.7. The zero-order valence-electron chi connectivity index (χ0n) is 13.7. The van der Waals surface area contributed by atoms with Gasteiger partial charge in [-0.3, -0.25) is 0 Å². The van der Waals surface area contributed by atoms with Gasteiger partial charge in [-0.25, -0.2) is 0 Å². The fourth-order valence-corrected chi connectivity index (χ4v) is 3.64. The average molecular weight is 295 g/mol. The van der Waals surface area contributed by atoms with Gasteiger partial charge in [0.05, 0.1) is 7.11 Å². The first kappa shape index (κ1) is 15.1. The first-order chi connectivity index (χ1) is 10.7. The number of hydrogen-bond acceptors (Lipinski definition) is 2. The molecule has 0 aromatic heterocycles. The first-order valence-corrected chi connectivity index (χ1v) is 8.14. The second-order valence-corrected chi connectivity index (χ2v) is 6.32. The third-order valence-electron chi connectivity index (χ3n) is 4.90. The van der Waals surface area contributed by atoms with E-state index in [1.807, 2.05) is 19.2 Å². The third kappa shape index (κ3) is 2.89. The molecule has 0 aliphatic heterocycles. The van der Waals surface area contributed by atoms with Gasteiger partial charge >= 0.3 is 0 Å². The van der Waals surface area contributed by atoms with E-state index in [1.165, 1.54) is 29.5 Å². The molecule has 116 valence electrons. The monoisotopic (exact) mass is 295 g/mol. The minimum absolute atomic E-state index is 0.701. The van der Waals surface area contributed by atoms with Gasteiger partial charge in [0.1, 0.15) is 5.75 Å². The zero-order chi connectivity index (χ0) is 15.5. The van der Waals surface area contributed by atoms with Crippen LogP contribution in [0.4, 0.5) is 0 Å². The van der Waals surface area contributed by atoms with Crippen molar-refractivity contribution in [2.75, 3.05) is 20.7 Å². The Morgan fingerprint density at radius 2 is 1.82 bits per heavy atom. The molecule has 1 aliphatic carbocycles. The van der Waals surface area contributed by atoms with E-state index in [0.29, 0.717) is 5.92 Å². The summed E-state index contributed by atoms with van der Waals surface area (Å²) >= 11 is 0. The van der Waals surface area contributed by atoms with E-state index in [1.54, 1.807) is 12.7 Å². The van der Waals surface area contributed by atoms with Crippen LogP contribution in [-0.2, 0) is 6.42 Å². The lowest BCUT2D eigenvalue weighted by Crippen LogP contribution is -2.14. The van der Waals surface area contributed by atoms with Gasteiger partial charge in [-0.15, -0.1) is 0 Å². The molecule has 0 saturated heterocycles.